The maximum atomic E-state index is 7.18. The summed E-state index contributed by atoms with van der Waals surface area (Å²) in [6.45, 7) is 13.6. The highest BCUT2D eigenvalue weighted by molar-refractivity contribution is 5.70. The molecule has 4 rings (SSSR count). The Morgan fingerprint density at radius 3 is 2.66 bits per heavy atom. The number of rotatable bonds is 3. The summed E-state index contributed by atoms with van der Waals surface area (Å²) in [6.07, 6.45) is 7.43. The van der Waals surface area contributed by atoms with Crippen molar-refractivity contribution in [2.75, 3.05) is 31.1 Å². The zero-order chi connectivity index (χ0) is 20.1. The van der Waals surface area contributed by atoms with Crippen LogP contribution in [-0.4, -0.2) is 36.1 Å². The molecule has 1 spiro atoms. The summed E-state index contributed by atoms with van der Waals surface area (Å²) in [5.41, 5.74) is 3.80. The largest absolute Gasteiger partial charge is 0.341 e. The molecule has 0 atom stereocenters. The average Bonchev–Trinajstić information content (AvgIpc) is 3.23. The van der Waals surface area contributed by atoms with E-state index in [2.05, 4.69) is 38.8 Å². The summed E-state index contributed by atoms with van der Waals surface area (Å²) in [7, 11) is 0. The van der Waals surface area contributed by atoms with Crippen LogP contribution in [0.4, 0.5) is 11.6 Å². The molecule has 2 aromatic rings. The molecule has 29 heavy (non-hydrogen) atoms. The number of unbranched alkanes of at least 4 members (excludes halogenated alkanes) is 1. The number of nitrogens with one attached hydrogen (secondary N) is 1. The number of anilines is 1. The number of piperidine rings is 1. The first-order valence-electron chi connectivity index (χ1n) is 10.5. The molecule has 0 saturated carbocycles. The van der Waals surface area contributed by atoms with Crippen molar-refractivity contribution in [1.29, 1.82) is 0 Å². The highest BCUT2D eigenvalue weighted by atomic mass is 15.3. The van der Waals surface area contributed by atoms with Gasteiger partial charge in [-0.1, -0.05) is 43.0 Å². The Morgan fingerprint density at radius 1 is 1.21 bits per heavy atom. The molecular formula is C24H27N5. The van der Waals surface area contributed by atoms with Gasteiger partial charge in [-0.15, -0.1) is 0 Å². The second-order valence-corrected chi connectivity index (χ2v) is 8.06. The van der Waals surface area contributed by atoms with Gasteiger partial charge in [-0.2, -0.15) is 0 Å². The summed E-state index contributed by atoms with van der Waals surface area (Å²) in [4.78, 5) is 15.4. The normalized spacial score (nSPS) is 17.6. The molecule has 148 valence electrons. The minimum atomic E-state index is 0.473. The molecular weight excluding hydrogens is 358 g/mol. The van der Waals surface area contributed by atoms with Crippen molar-refractivity contribution in [2.24, 2.45) is 5.41 Å². The Balaban J connectivity index is 1.62. The molecule has 0 amide bonds. The third-order valence-corrected chi connectivity index (χ3v) is 6.08. The predicted octanol–water partition coefficient (Wildman–Crippen LogP) is 4.43. The van der Waals surface area contributed by atoms with E-state index in [1.807, 2.05) is 30.5 Å². The Kier molecular flexibility index (Phi) is 5.79. The lowest BCUT2D eigenvalue weighted by Crippen LogP contribution is -2.42. The highest BCUT2D eigenvalue weighted by Gasteiger charge is 2.37. The van der Waals surface area contributed by atoms with Gasteiger partial charge >= 0.3 is 0 Å². The summed E-state index contributed by atoms with van der Waals surface area (Å²) in [5.74, 6) is 7.25. The van der Waals surface area contributed by atoms with Crippen LogP contribution in [0.2, 0.25) is 0 Å². The topological polar surface area (TPSA) is 45.4 Å². The lowest BCUT2D eigenvalue weighted by molar-refractivity contribution is 0.246. The molecule has 5 nitrogen and oxygen atoms in total. The van der Waals surface area contributed by atoms with E-state index in [1.165, 1.54) is 19.3 Å². The van der Waals surface area contributed by atoms with Crippen molar-refractivity contribution < 1.29 is 0 Å². The molecule has 1 N–H and O–H groups in total. The van der Waals surface area contributed by atoms with Gasteiger partial charge in [0.15, 0.2) is 5.69 Å². The maximum absolute atomic E-state index is 7.18. The van der Waals surface area contributed by atoms with E-state index >= 15 is 0 Å². The van der Waals surface area contributed by atoms with Gasteiger partial charge in [0.05, 0.1) is 17.8 Å². The Hall–Kier alpha value is -2.89. The summed E-state index contributed by atoms with van der Waals surface area (Å²) in [5, 5.41) is 3.52. The summed E-state index contributed by atoms with van der Waals surface area (Å²) in [6, 6.07) is 7.59. The van der Waals surface area contributed by atoms with Gasteiger partial charge < -0.3 is 10.2 Å². The molecule has 1 aromatic heterocycles. The fraction of sp³-hybridized carbons (Fsp3) is 0.458. The third kappa shape index (κ3) is 4.26. The lowest BCUT2D eigenvalue weighted by Gasteiger charge is -2.38. The van der Waals surface area contributed by atoms with Gasteiger partial charge in [-0.05, 0) is 43.2 Å². The SMILES string of the molecule is [C-]#[N+]c1ccc(-c2nc(N3CCC4(CCNC4)CC3)ncc2C#CCCC)cc1. The van der Waals surface area contributed by atoms with E-state index in [1.54, 1.807) is 0 Å². The number of aromatic nitrogens is 2. The van der Waals surface area contributed by atoms with E-state index in [4.69, 9.17) is 11.6 Å². The molecule has 5 heteroatoms. The van der Waals surface area contributed by atoms with Gasteiger partial charge in [0, 0.05) is 32.3 Å². The summed E-state index contributed by atoms with van der Waals surface area (Å²) < 4.78 is 0. The smallest absolute Gasteiger partial charge is 0.225 e. The van der Waals surface area contributed by atoms with Crippen molar-refractivity contribution in [3.8, 4) is 23.1 Å². The molecule has 2 aliphatic rings. The zero-order valence-electron chi connectivity index (χ0n) is 17.0. The Morgan fingerprint density at radius 2 is 2.00 bits per heavy atom. The summed E-state index contributed by atoms with van der Waals surface area (Å²) >= 11 is 0. The van der Waals surface area contributed by atoms with Crippen LogP contribution in [0.3, 0.4) is 0 Å². The van der Waals surface area contributed by atoms with Gasteiger partial charge in [-0.25, -0.2) is 14.8 Å². The third-order valence-electron chi connectivity index (χ3n) is 6.08. The van der Waals surface area contributed by atoms with Crippen LogP contribution in [0.15, 0.2) is 30.5 Å². The highest BCUT2D eigenvalue weighted by Crippen LogP contribution is 2.38. The van der Waals surface area contributed by atoms with Gasteiger partial charge in [0.1, 0.15) is 0 Å². The first-order chi connectivity index (χ1) is 14.2. The van der Waals surface area contributed by atoms with E-state index in [0.29, 0.717) is 11.1 Å². The lowest BCUT2D eigenvalue weighted by atomic mass is 9.78. The molecule has 0 aliphatic carbocycles. The second-order valence-electron chi connectivity index (χ2n) is 8.06. The van der Waals surface area contributed by atoms with Gasteiger partial charge in [-0.3, -0.25) is 0 Å². The van der Waals surface area contributed by atoms with E-state index < -0.39 is 0 Å². The number of nitrogens with zero attached hydrogens (tertiary/aromatic N) is 4. The molecule has 0 unspecified atom stereocenters. The van der Waals surface area contributed by atoms with Crippen molar-refractivity contribution in [3.05, 3.63) is 47.4 Å². The van der Waals surface area contributed by atoms with Crippen LogP contribution < -0.4 is 10.2 Å². The minimum Gasteiger partial charge on any atom is -0.341 e. The van der Waals surface area contributed by atoms with Crippen molar-refractivity contribution in [1.82, 2.24) is 15.3 Å². The van der Waals surface area contributed by atoms with Crippen molar-refractivity contribution in [2.45, 2.75) is 39.0 Å². The van der Waals surface area contributed by atoms with Crippen LogP contribution in [-0.2, 0) is 0 Å². The monoisotopic (exact) mass is 385 g/mol. The molecule has 1 aromatic carbocycles. The molecule has 2 saturated heterocycles. The minimum absolute atomic E-state index is 0.473. The number of benzene rings is 1. The average molecular weight is 386 g/mol. The van der Waals surface area contributed by atoms with Gasteiger partial charge in [0.25, 0.3) is 0 Å². The van der Waals surface area contributed by atoms with Crippen molar-refractivity contribution >= 4 is 11.6 Å². The first-order valence-corrected chi connectivity index (χ1v) is 10.5. The fourth-order valence-electron chi connectivity index (χ4n) is 4.22. The van der Waals surface area contributed by atoms with Crippen LogP contribution in [0.1, 0.15) is 44.6 Å². The van der Waals surface area contributed by atoms with E-state index in [9.17, 15) is 0 Å². The second kappa shape index (κ2) is 8.64. The van der Waals surface area contributed by atoms with E-state index in [-0.39, 0.29) is 0 Å². The molecule has 2 aliphatic heterocycles. The van der Waals surface area contributed by atoms with Crippen molar-refractivity contribution in [3.63, 3.8) is 0 Å². The van der Waals surface area contributed by atoms with Gasteiger partial charge in [0.2, 0.25) is 5.95 Å². The van der Waals surface area contributed by atoms with Crippen LogP contribution in [0, 0.1) is 23.8 Å². The van der Waals surface area contributed by atoms with Crippen LogP contribution >= 0.6 is 0 Å². The Labute approximate surface area is 173 Å². The molecule has 2 fully saturated rings. The molecule has 0 radical (unpaired) electrons. The van der Waals surface area contributed by atoms with Crippen LogP contribution in [0.25, 0.3) is 16.1 Å². The molecule has 0 bridgehead atoms. The number of hydrogen-bond donors (Lipinski definition) is 1. The molecule has 3 heterocycles. The standard InChI is InChI=1S/C24H27N5/c1-3-4-5-6-20-17-27-23(28-22(20)19-7-9-21(25-2)10-8-19)29-15-12-24(13-16-29)11-14-26-18-24/h7-10,17,26H,3-4,11-16,18H2,1H3. The number of hydrogen-bond acceptors (Lipinski definition) is 4. The van der Waals surface area contributed by atoms with E-state index in [0.717, 1.165) is 61.8 Å². The Bertz CT molecular complexity index is 945. The fourth-order valence-corrected chi connectivity index (χ4v) is 4.22. The predicted molar refractivity (Wildman–Crippen MR) is 117 cm³/mol. The quantitative estimate of drug-likeness (QED) is 0.627. The maximum Gasteiger partial charge on any atom is 0.225 e. The first kappa shape index (κ1) is 19.4. The zero-order valence-corrected chi connectivity index (χ0v) is 17.0. The van der Waals surface area contributed by atoms with Crippen LogP contribution in [0.5, 0.6) is 0 Å².